The largest absolute Gasteiger partial charge is 0.382 e. The Kier molecular flexibility index (Phi) is 4.19. The Morgan fingerprint density at radius 2 is 2.14 bits per heavy atom. The molecule has 0 bridgehead atoms. The zero-order chi connectivity index (χ0) is 15.4. The first-order valence-electron chi connectivity index (χ1n) is 7.35. The third kappa shape index (κ3) is 3.01. The van der Waals surface area contributed by atoms with Crippen LogP contribution < -0.4 is 5.32 Å². The molecule has 0 saturated heterocycles. The summed E-state index contributed by atoms with van der Waals surface area (Å²) in [5.74, 6) is -0.142. The monoisotopic (exact) mass is 294 g/mol. The standard InChI is InChI=1S/C18H18N2O2/c1-2-10-19-18(21)17-12-15(20-22-17)11-14-8-5-7-13-6-3-4-9-16(13)14/h2-9,17H,1,10-12H2,(H,19,21). The van der Waals surface area contributed by atoms with E-state index in [1.54, 1.807) is 6.08 Å². The van der Waals surface area contributed by atoms with E-state index in [0.717, 1.165) is 5.71 Å². The van der Waals surface area contributed by atoms with Crippen LogP contribution in [0.2, 0.25) is 0 Å². The highest BCUT2D eigenvalue weighted by atomic mass is 16.6. The summed E-state index contributed by atoms with van der Waals surface area (Å²) in [6, 6.07) is 14.5. The van der Waals surface area contributed by atoms with Gasteiger partial charge in [-0.05, 0) is 16.3 Å². The molecule has 1 unspecified atom stereocenters. The summed E-state index contributed by atoms with van der Waals surface area (Å²) in [6.45, 7) is 4.02. The molecule has 0 aromatic heterocycles. The molecule has 0 radical (unpaired) electrons. The van der Waals surface area contributed by atoms with Gasteiger partial charge >= 0.3 is 0 Å². The van der Waals surface area contributed by atoms with Crippen LogP contribution in [0, 0.1) is 0 Å². The number of benzene rings is 2. The maximum absolute atomic E-state index is 11.9. The Balaban J connectivity index is 1.69. The van der Waals surface area contributed by atoms with Gasteiger partial charge < -0.3 is 10.2 Å². The smallest absolute Gasteiger partial charge is 0.264 e. The van der Waals surface area contributed by atoms with Crippen molar-refractivity contribution in [3.63, 3.8) is 0 Å². The molecule has 2 aromatic carbocycles. The number of hydrogen-bond acceptors (Lipinski definition) is 3. The number of nitrogens with zero attached hydrogens (tertiary/aromatic N) is 1. The first kappa shape index (κ1) is 14.3. The van der Waals surface area contributed by atoms with Gasteiger partial charge in [0.15, 0.2) is 0 Å². The lowest BCUT2D eigenvalue weighted by Crippen LogP contribution is -2.34. The van der Waals surface area contributed by atoms with Crippen LogP contribution in [0.5, 0.6) is 0 Å². The molecule has 3 rings (SSSR count). The zero-order valence-corrected chi connectivity index (χ0v) is 12.3. The number of carbonyl (C=O) groups excluding carboxylic acids is 1. The average Bonchev–Trinajstić information content (AvgIpc) is 3.01. The maximum atomic E-state index is 11.9. The minimum absolute atomic E-state index is 0.142. The molecule has 112 valence electrons. The van der Waals surface area contributed by atoms with Crippen LogP contribution in [0.25, 0.3) is 10.8 Å². The second kappa shape index (κ2) is 6.43. The van der Waals surface area contributed by atoms with Crippen molar-refractivity contribution < 1.29 is 9.63 Å². The maximum Gasteiger partial charge on any atom is 0.264 e. The Labute approximate surface area is 129 Å². The van der Waals surface area contributed by atoms with Crippen molar-refractivity contribution in [2.45, 2.75) is 18.9 Å². The van der Waals surface area contributed by atoms with Gasteiger partial charge in [0.1, 0.15) is 0 Å². The summed E-state index contributed by atoms with van der Waals surface area (Å²) in [6.07, 6.45) is 2.36. The number of carbonyl (C=O) groups is 1. The van der Waals surface area contributed by atoms with Crippen molar-refractivity contribution in [3.05, 3.63) is 60.7 Å². The van der Waals surface area contributed by atoms with Crippen molar-refractivity contribution >= 4 is 22.4 Å². The minimum Gasteiger partial charge on any atom is -0.382 e. The summed E-state index contributed by atoms with van der Waals surface area (Å²) >= 11 is 0. The van der Waals surface area contributed by atoms with E-state index in [0.29, 0.717) is 19.4 Å². The Bertz CT molecular complexity index is 731. The van der Waals surface area contributed by atoms with Gasteiger partial charge in [-0.15, -0.1) is 6.58 Å². The van der Waals surface area contributed by atoms with E-state index < -0.39 is 6.10 Å². The minimum atomic E-state index is -0.523. The number of hydrogen-bond donors (Lipinski definition) is 1. The third-order valence-corrected chi connectivity index (χ3v) is 3.72. The summed E-state index contributed by atoms with van der Waals surface area (Å²) < 4.78 is 0. The van der Waals surface area contributed by atoms with Crippen LogP contribution in [-0.4, -0.2) is 24.3 Å². The summed E-state index contributed by atoms with van der Waals surface area (Å²) in [5, 5.41) is 9.23. The van der Waals surface area contributed by atoms with Crippen LogP contribution in [0.15, 0.2) is 60.3 Å². The molecule has 1 atom stereocenters. The molecule has 22 heavy (non-hydrogen) atoms. The molecule has 1 amide bonds. The predicted octanol–water partition coefficient (Wildman–Crippen LogP) is 2.83. The molecule has 1 aliphatic heterocycles. The quantitative estimate of drug-likeness (QED) is 0.862. The summed E-state index contributed by atoms with van der Waals surface area (Å²) in [7, 11) is 0. The van der Waals surface area contributed by atoms with E-state index in [-0.39, 0.29) is 5.91 Å². The Hall–Kier alpha value is -2.62. The van der Waals surface area contributed by atoms with Crippen molar-refractivity contribution in [3.8, 4) is 0 Å². The molecule has 0 spiro atoms. The SMILES string of the molecule is C=CCNC(=O)C1CC(Cc2cccc3ccccc23)=NO1. The number of nitrogens with one attached hydrogen (secondary N) is 1. The molecular formula is C18H18N2O2. The molecule has 4 heteroatoms. The second-order valence-electron chi connectivity index (χ2n) is 5.30. The van der Waals surface area contributed by atoms with Crippen molar-refractivity contribution in [2.75, 3.05) is 6.54 Å². The summed E-state index contributed by atoms with van der Waals surface area (Å²) in [4.78, 5) is 17.1. The highest BCUT2D eigenvalue weighted by Gasteiger charge is 2.27. The zero-order valence-electron chi connectivity index (χ0n) is 12.3. The van der Waals surface area contributed by atoms with E-state index in [1.807, 2.05) is 18.2 Å². The highest BCUT2D eigenvalue weighted by molar-refractivity contribution is 5.96. The number of oxime groups is 1. The number of rotatable bonds is 5. The van der Waals surface area contributed by atoms with Gasteiger partial charge in [0.25, 0.3) is 5.91 Å². The van der Waals surface area contributed by atoms with E-state index >= 15 is 0 Å². The lowest BCUT2D eigenvalue weighted by molar-refractivity contribution is -0.130. The predicted molar refractivity (Wildman–Crippen MR) is 87.8 cm³/mol. The number of amides is 1. The Morgan fingerprint density at radius 1 is 1.32 bits per heavy atom. The second-order valence-corrected chi connectivity index (χ2v) is 5.30. The van der Waals surface area contributed by atoms with Crippen molar-refractivity contribution in [1.82, 2.24) is 5.32 Å². The molecular weight excluding hydrogens is 276 g/mol. The first-order chi connectivity index (χ1) is 10.8. The van der Waals surface area contributed by atoms with Gasteiger partial charge in [-0.2, -0.15) is 0 Å². The summed E-state index contributed by atoms with van der Waals surface area (Å²) in [5.41, 5.74) is 2.10. The normalized spacial score (nSPS) is 16.9. The third-order valence-electron chi connectivity index (χ3n) is 3.72. The van der Waals surface area contributed by atoms with Crippen molar-refractivity contribution in [1.29, 1.82) is 0 Å². The van der Waals surface area contributed by atoms with E-state index in [2.05, 4.69) is 41.3 Å². The van der Waals surface area contributed by atoms with E-state index in [9.17, 15) is 4.79 Å². The van der Waals surface area contributed by atoms with Crippen LogP contribution >= 0.6 is 0 Å². The van der Waals surface area contributed by atoms with Gasteiger partial charge in [-0.1, -0.05) is 53.7 Å². The van der Waals surface area contributed by atoms with Crippen LogP contribution in [0.1, 0.15) is 12.0 Å². The lowest BCUT2D eigenvalue weighted by atomic mass is 9.98. The van der Waals surface area contributed by atoms with Gasteiger partial charge in [0.2, 0.25) is 6.10 Å². The van der Waals surface area contributed by atoms with Crippen LogP contribution in [0.4, 0.5) is 0 Å². The molecule has 0 aliphatic carbocycles. The molecule has 1 heterocycles. The molecule has 2 aromatic rings. The Morgan fingerprint density at radius 3 is 3.00 bits per heavy atom. The van der Waals surface area contributed by atoms with Crippen molar-refractivity contribution in [2.24, 2.45) is 5.16 Å². The number of fused-ring (bicyclic) bond motifs is 1. The average molecular weight is 294 g/mol. The van der Waals surface area contributed by atoms with Gasteiger partial charge in [0, 0.05) is 19.4 Å². The lowest BCUT2D eigenvalue weighted by Gasteiger charge is -2.08. The molecule has 1 N–H and O–H groups in total. The first-order valence-corrected chi connectivity index (χ1v) is 7.35. The molecule has 4 nitrogen and oxygen atoms in total. The molecule has 0 saturated carbocycles. The van der Waals surface area contributed by atoms with Crippen LogP contribution in [0.3, 0.4) is 0 Å². The van der Waals surface area contributed by atoms with Gasteiger partial charge in [-0.3, -0.25) is 4.79 Å². The fraction of sp³-hybridized carbons (Fsp3) is 0.222. The van der Waals surface area contributed by atoms with E-state index in [4.69, 9.17) is 4.84 Å². The molecule has 0 fully saturated rings. The van der Waals surface area contributed by atoms with Gasteiger partial charge in [-0.25, -0.2) is 0 Å². The van der Waals surface area contributed by atoms with Gasteiger partial charge in [0.05, 0.1) is 5.71 Å². The fourth-order valence-corrected chi connectivity index (χ4v) is 2.62. The highest BCUT2D eigenvalue weighted by Crippen LogP contribution is 2.22. The fourth-order valence-electron chi connectivity index (χ4n) is 2.62. The van der Waals surface area contributed by atoms with Crippen LogP contribution in [-0.2, 0) is 16.1 Å². The molecule has 1 aliphatic rings. The topological polar surface area (TPSA) is 50.7 Å². The van der Waals surface area contributed by atoms with E-state index in [1.165, 1.54) is 16.3 Å².